The highest BCUT2D eigenvalue weighted by Gasteiger charge is 2.18. The van der Waals surface area contributed by atoms with E-state index in [0.29, 0.717) is 6.61 Å². The Morgan fingerprint density at radius 3 is 1.75 bits per heavy atom. The average Bonchev–Trinajstić information content (AvgIpc) is 2.22. The minimum atomic E-state index is -1.03. The van der Waals surface area contributed by atoms with E-state index in [2.05, 4.69) is 20.0 Å². The van der Waals surface area contributed by atoms with Gasteiger partial charge in [0.25, 0.3) is 0 Å². The van der Waals surface area contributed by atoms with E-state index in [-0.39, 0.29) is 0 Å². The maximum atomic E-state index is 8.96. The molecule has 0 aromatic carbocycles. The molecule has 0 bridgehead atoms. The van der Waals surface area contributed by atoms with Gasteiger partial charge in [-0.15, -0.1) is 0 Å². The highest BCUT2D eigenvalue weighted by Crippen LogP contribution is 2.19. The fraction of sp³-hybridized carbons (Fsp3) is 1.00. The first-order chi connectivity index (χ1) is 7.62. The lowest BCUT2D eigenvalue weighted by molar-refractivity contribution is 0.316. The summed E-state index contributed by atoms with van der Waals surface area (Å²) in [5, 5.41) is 8.96. The van der Waals surface area contributed by atoms with Crippen molar-refractivity contribution in [1.82, 2.24) is 0 Å². The molecule has 0 heterocycles. The lowest BCUT2D eigenvalue weighted by atomic mass is 10.1. The van der Waals surface area contributed by atoms with E-state index in [1.54, 1.807) is 0 Å². The first-order valence-electron chi connectivity index (χ1n) is 7.23. The summed E-state index contributed by atoms with van der Waals surface area (Å²) in [5.74, 6) is 0. The van der Waals surface area contributed by atoms with E-state index >= 15 is 0 Å². The summed E-state index contributed by atoms with van der Waals surface area (Å²) in [5.41, 5.74) is 0. The Bertz CT molecular complexity index is 146. The van der Waals surface area contributed by atoms with Crippen LogP contribution in [0.1, 0.15) is 58.3 Å². The van der Waals surface area contributed by atoms with Gasteiger partial charge in [0, 0.05) is 14.7 Å². The molecular weight excluding hydrogens is 212 g/mol. The minimum absolute atomic E-state index is 0.399. The molecule has 0 aliphatic carbocycles. The average molecular weight is 244 g/mol. The van der Waals surface area contributed by atoms with Crippen molar-refractivity contribution in [3.63, 3.8) is 0 Å². The van der Waals surface area contributed by atoms with Crippen LogP contribution in [0.3, 0.4) is 0 Å². The molecule has 0 amide bonds. The van der Waals surface area contributed by atoms with Gasteiger partial charge in [0.2, 0.25) is 0 Å². The van der Waals surface area contributed by atoms with Gasteiger partial charge in [-0.25, -0.2) is 0 Å². The summed E-state index contributed by atoms with van der Waals surface area (Å²) >= 11 is 0. The van der Waals surface area contributed by atoms with E-state index in [4.69, 9.17) is 5.11 Å². The third-order valence-corrected chi connectivity index (χ3v) is 6.78. The molecule has 0 aromatic heterocycles. The Morgan fingerprint density at radius 1 is 0.750 bits per heavy atom. The standard InChI is InChI=1S/C14H32OSi/c1-4-5-6-7-8-9-10-11-13-16(2,3)14-12-15/h15H,4-14H2,1-3H3. The lowest BCUT2D eigenvalue weighted by Gasteiger charge is -2.20. The first-order valence-corrected chi connectivity index (χ1v) is 10.6. The molecule has 98 valence electrons. The van der Waals surface area contributed by atoms with Crippen molar-refractivity contribution >= 4 is 8.07 Å². The molecule has 0 fully saturated rings. The van der Waals surface area contributed by atoms with Crippen LogP contribution in [0.2, 0.25) is 25.2 Å². The van der Waals surface area contributed by atoms with Crippen molar-refractivity contribution in [3.8, 4) is 0 Å². The van der Waals surface area contributed by atoms with Gasteiger partial charge < -0.3 is 5.11 Å². The van der Waals surface area contributed by atoms with Crippen LogP contribution >= 0.6 is 0 Å². The summed E-state index contributed by atoms with van der Waals surface area (Å²) in [6.07, 6.45) is 11.3. The second-order valence-electron chi connectivity index (χ2n) is 5.86. The molecule has 1 nitrogen and oxygen atoms in total. The van der Waals surface area contributed by atoms with E-state index in [9.17, 15) is 0 Å². The zero-order valence-electron chi connectivity index (χ0n) is 11.7. The number of aliphatic hydroxyl groups is 1. The van der Waals surface area contributed by atoms with Crippen molar-refractivity contribution in [2.24, 2.45) is 0 Å². The van der Waals surface area contributed by atoms with Crippen LogP contribution in [-0.4, -0.2) is 19.8 Å². The largest absolute Gasteiger partial charge is 0.397 e. The third-order valence-electron chi connectivity index (χ3n) is 3.50. The molecule has 0 unspecified atom stereocenters. The van der Waals surface area contributed by atoms with Crippen molar-refractivity contribution in [2.75, 3.05) is 6.61 Å². The molecule has 0 saturated carbocycles. The third kappa shape index (κ3) is 10.7. The molecular formula is C14H32OSi. The van der Waals surface area contributed by atoms with Gasteiger partial charge in [0.1, 0.15) is 0 Å². The quantitative estimate of drug-likeness (QED) is 0.408. The van der Waals surface area contributed by atoms with E-state index in [1.807, 2.05) is 0 Å². The van der Waals surface area contributed by atoms with Crippen LogP contribution in [0.25, 0.3) is 0 Å². The second-order valence-corrected chi connectivity index (χ2v) is 11.2. The summed E-state index contributed by atoms with van der Waals surface area (Å²) in [7, 11) is -1.03. The van der Waals surface area contributed by atoms with Crippen LogP contribution in [0.15, 0.2) is 0 Å². The Morgan fingerprint density at radius 2 is 1.25 bits per heavy atom. The van der Waals surface area contributed by atoms with Crippen LogP contribution in [0, 0.1) is 0 Å². The number of unbranched alkanes of at least 4 members (excludes halogenated alkanes) is 7. The predicted molar refractivity (Wildman–Crippen MR) is 76.8 cm³/mol. The van der Waals surface area contributed by atoms with Gasteiger partial charge in [-0.2, -0.15) is 0 Å². The SMILES string of the molecule is CCCCCCCCCC[Si](C)(C)CCO. The van der Waals surface area contributed by atoms with Gasteiger partial charge in [0.05, 0.1) is 0 Å². The Labute approximate surface area is 104 Å². The number of hydrogen-bond acceptors (Lipinski definition) is 1. The number of hydrogen-bond donors (Lipinski definition) is 1. The predicted octanol–water partition coefficient (Wildman–Crippen LogP) is 4.83. The molecule has 2 heteroatoms. The molecule has 0 rings (SSSR count). The van der Waals surface area contributed by atoms with Gasteiger partial charge in [0.15, 0.2) is 0 Å². The van der Waals surface area contributed by atoms with Gasteiger partial charge >= 0.3 is 0 Å². The highest BCUT2D eigenvalue weighted by atomic mass is 28.3. The molecule has 0 aliphatic rings. The van der Waals surface area contributed by atoms with Crippen molar-refractivity contribution in [3.05, 3.63) is 0 Å². The molecule has 0 atom stereocenters. The Hall–Kier alpha value is 0.177. The van der Waals surface area contributed by atoms with Gasteiger partial charge in [-0.05, 0) is 6.04 Å². The van der Waals surface area contributed by atoms with Crippen LogP contribution in [0.5, 0.6) is 0 Å². The van der Waals surface area contributed by atoms with E-state index in [0.717, 1.165) is 6.04 Å². The fourth-order valence-corrected chi connectivity index (χ4v) is 4.23. The van der Waals surface area contributed by atoms with Crippen molar-refractivity contribution < 1.29 is 5.11 Å². The van der Waals surface area contributed by atoms with Crippen LogP contribution in [-0.2, 0) is 0 Å². The molecule has 0 aromatic rings. The lowest BCUT2D eigenvalue weighted by Crippen LogP contribution is -2.25. The van der Waals surface area contributed by atoms with E-state index in [1.165, 1.54) is 57.4 Å². The zero-order chi connectivity index (χ0) is 12.3. The molecule has 0 spiro atoms. The minimum Gasteiger partial charge on any atom is -0.397 e. The highest BCUT2D eigenvalue weighted by molar-refractivity contribution is 6.77. The summed E-state index contributed by atoms with van der Waals surface area (Å²) in [6.45, 7) is 7.49. The Balaban J connectivity index is 3.20. The second kappa shape index (κ2) is 10.3. The van der Waals surface area contributed by atoms with Gasteiger partial charge in [-0.3, -0.25) is 0 Å². The van der Waals surface area contributed by atoms with Crippen LogP contribution in [0.4, 0.5) is 0 Å². The number of rotatable bonds is 11. The van der Waals surface area contributed by atoms with E-state index < -0.39 is 8.07 Å². The maximum Gasteiger partial charge on any atom is 0.0496 e. The fourth-order valence-electron chi connectivity index (χ4n) is 2.17. The van der Waals surface area contributed by atoms with Crippen LogP contribution < -0.4 is 0 Å². The topological polar surface area (TPSA) is 20.2 Å². The van der Waals surface area contributed by atoms with Gasteiger partial charge in [-0.1, -0.05) is 77.4 Å². The molecule has 0 radical (unpaired) electrons. The normalized spacial score (nSPS) is 12.0. The first kappa shape index (κ1) is 16.2. The van der Waals surface area contributed by atoms with Crippen molar-refractivity contribution in [2.45, 2.75) is 83.5 Å². The zero-order valence-corrected chi connectivity index (χ0v) is 12.7. The smallest absolute Gasteiger partial charge is 0.0496 e. The maximum absolute atomic E-state index is 8.96. The summed E-state index contributed by atoms with van der Waals surface area (Å²) in [6, 6.07) is 2.49. The Kier molecular flexibility index (Phi) is 10.5. The molecule has 0 saturated heterocycles. The molecule has 0 aliphatic heterocycles. The monoisotopic (exact) mass is 244 g/mol. The molecule has 16 heavy (non-hydrogen) atoms. The number of aliphatic hydroxyl groups excluding tert-OH is 1. The molecule has 1 N–H and O–H groups in total. The van der Waals surface area contributed by atoms with Crippen molar-refractivity contribution in [1.29, 1.82) is 0 Å². The summed E-state index contributed by atoms with van der Waals surface area (Å²) < 4.78 is 0. The summed E-state index contributed by atoms with van der Waals surface area (Å²) in [4.78, 5) is 0.